The molecule has 7 heteroatoms. The van der Waals surface area contributed by atoms with Crippen LogP contribution >= 0.6 is 23.4 Å². The van der Waals surface area contributed by atoms with Crippen LogP contribution in [0.4, 0.5) is 5.95 Å². The van der Waals surface area contributed by atoms with Gasteiger partial charge in [-0.15, -0.1) is 5.10 Å². The maximum absolute atomic E-state index is 13.3. The molecule has 0 radical (unpaired) electrons. The summed E-state index contributed by atoms with van der Waals surface area (Å²) in [5, 5.41) is 9.58. The highest BCUT2D eigenvalue weighted by Gasteiger charge is 2.42. The first kappa shape index (κ1) is 22.2. The van der Waals surface area contributed by atoms with Crippen molar-refractivity contribution >= 4 is 35.1 Å². The minimum atomic E-state index is -0.379. The molecule has 1 atom stereocenters. The monoisotopic (exact) mass is 478 g/mol. The molecule has 0 spiro atoms. The van der Waals surface area contributed by atoms with Gasteiger partial charge in [0.15, 0.2) is 5.78 Å². The Kier molecular flexibility index (Phi) is 5.61. The Morgan fingerprint density at radius 2 is 1.97 bits per heavy atom. The van der Waals surface area contributed by atoms with E-state index in [1.807, 2.05) is 28.9 Å². The van der Waals surface area contributed by atoms with Gasteiger partial charge in [0.2, 0.25) is 11.1 Å². The van der Waals surface area contributed by atoms with Gasteiger partial charge in [0.25, 0.3) is 0 Å². The molecule has 5 rings (SSSR count). The van der Waals surface area contributed by atoms with Crippen LogP contribution in [-0.4, -0.2) is 20.5 Å². The fourth-order valence-corrected chi connectivity index (χ4v) is 5.86. The number of nitrogens with zero attached hydrogens (tertiary/aromatic N) is 3. The Labute approximate surface area is 203 Å². The lowest BCUT2D eigenvalue weighted by atomic mass is 9.73. The number of carbonyl (C=O) groups is 1. The summed E-state index contributed by atoms with van der Waals surface area (Å²) in [7, 11) is 0. The van der Waals surface area contributed by atoms with E-state index in [0.717, 1.165) is 29.0 Å². The van der Waals surface area contributed by atoms with E-state index in [2.05, 4.69) is 51.2 Å². The number of aromatic nitrogens is 3. The van der Waals surface area contributed by atoms with Gasteiger partial charge in [-0.3, -0.25) is 4.79 Å². The molecule has 33 heavy (non-hydrogen) atoms. The number of Topliss-reactive ketones (excluding diaryl/α,β-unsaturated/α-hetero) is 1. The van der Waals surface area contributed by atoms with E-state index >= 15 is 0 Å². The zero-order valence-electron chi connectivity index (χ0n) is 19.3. The largest absolute Gasteiger partial charge is 0.328 e. The number of nitrogens with one attached hydrogen (secondary N) is 1. The summed E-state index contributed by atoms with van der Waals surface area (Å²) in [4.78, 5) is 18.1. The normalized spacial score (nSPS) is 19.2. The highest BCUT2D eigenvalue weighted by Crippen LogP contribution is 2.46. The first-order valence-corrected chi connectivity index (χ1v) is 12.5. The van der Waals surface area contributed by atoms with Gasteiger partial charge in [-0.1, -0.05) is 79.2 Å². The van der Waals surface area contributed by atoms with E-state index < -0.39 is 0 Å². The van der Waals surface area contributed by atoms with Gasteiger partial charge >= 0.3 is 0 Å². The molecule has 0 amide bonds. The van der Waals surface area contributed by atoms with Crippen LogP contribution in [-0.2, 0) is 10.5 Å². The summed E-state index contributed by atoms with van der Waals surface area (Å²) in [5.41, 5.74) is 6.24. The Bertz CT molecular complexity index is 1290. The summed E-state index contributed by atoms with van der Waals surface area (Å²) >= 11 is 8.22. The number of allylic oxidation sites excluding steroid dienone is 2. The van der Waals surface area contributed by atoms with E-state index in [4.69, 9.17) is 21.7 Å². The first-order chi connectivity index (χ1) is 15.7. The third-order valence-electron chi connectivity index (χ3n) is 6.37. The number of thioether (sulfide) groups is 1. The fraction of sp³-hybridized carbons (Fsp3) is 0.346. The van der Waals surface area contributed by atoms with Crippen LogP contribution in [0.3, 0.4) is 0 Å². The molecule has 1 N–H and O–H groups in total. The lowest BCUT2D eigenvalue weighted by molar-refractivity contribution is -0.118. The Morgan fingerprint density at radius 1 is 1.18 bits per heavy atom. The average Bonchev–Trinajstić information content (AvgIpc) is 3.15. The predicted octanol–water partition coefficient (Wildman–Crippen LogP) is 6.50. The van der Waals surface area contributed by atoms with Crippen molar-refractivity contribution < 1.29 is 4.79 Å². The molecule has 0 saturated heterocycles. The second-order valence-electron chi connectivity index (χ2n) is 9.76. The number of aryl methyl sites for hydroxylation is 2. The predicted molar refractivity (Wildman–Crippen MR) is 134 cm³/mol. The maximum atomic E-state index is 13.3. The zero-order valence-corrected chi connectivity index (χ0v) is 20.8. The van der Waals surface area contributed by atoms with E-state index in [1.165, 1.54) is 16.7 Å². The third kappa shape index (κ3) is 4.22. The van der Waals surface area contributed by atoms with Crippen molar-refractivity contribution in [2.45, 2.75) is 57.5 Å². The SMILES string of the molecule is Cc1ccc(C)c(CSc2nc3n(n2)[C@H](c2ccccc2Cl)C2=C(CC(C)(C)CC2=O)N3)c1. The van der Waals surface area contributed by atoms with Crippen molar-refractivity contribution in [1.82, 2.24) is 14.8 Å². The summed E-state index contributed by atoms with van der Waals surface area (Å²) in [6.07, 6.45) is 1.29. The number of halogens is 1. The van der Waals surface area contributed by atoms with Crippen molar-refractivity contribution in [3.05, 3.63) is 81.0 Å². The average molecular weight is 479 g/mol. The number of fused-ring (bicyclic) bond motifs is 1. The maximum Gasteiger partial charge on any atom is 0.227 e. The van der Waals surface area contributed by atoms with Gasteiger partial charge < -0.3 is 5.32 Å². The van der Waals surface area contributed by atoms with Crippen LogP contribution in [0.15, 0.2) is 58.9 Å². The van der Waals surface area contributed by atoms with E-state index in [0.29, 0.717) is 22.5 Å². The van der Waals surface area contributed by atoms with Crippen LogP contribution in [0, 0.1) is 19.3 Å². The molecular weight excluding hydrogens is 452 g/mol. The molecule has 170 valence electrons. The standard InChI is InChI=1S/C26H27ClN4OS/c1-15-9-10-16(2)17(11-15)14-33-25-29-24-28-20-12-26(3,4)13-21(32)22(20)23(31(24)30-25)18-7-5-6-8-19(18)27/h5-11,23H,12-14H2,1-4H3,(H,28,29,30)/t23-/m1/s1. The highest BCUT2D eigenvalue weighted by molar-refractivity contribution is 7.98. The quantitative estimate of drug-likeness (QED) is 0.434. The molecular formula is C26H27ClN4OS. The topological polar surface area (TPSA) is 59.8 Å². The zero-order chi connectivity index (χ0) is 23.3. The molecule has 0 unspecified atom stereocenters. The highest BCUT2D eigenvalue weighted by atomic mass is 35.5. The molecule has 0 bridgehead atoms. The van der Waals surface area contributed by atoms with Crippen LogP contribution in [0.25, 0.3) is 0 Å². The molecule has 2 aromatic carbocycles. The second kappa shape index (κ2) is 8.33. The van der Waals surface area contributed by atoms with E-state index in [1.54, 1.807) is 11.8 Å². The van der Waals surface area contributed by atoms with Gasteiger partial charge in [0.05, 0.1) is 0 Å². The number of rotatable bonds is 4. The van der Waals surface area contributed by atoms with Crippen LogP contribution in [0.1, 0.15) is 55.0 Å². The lowest BCUT2D eigenvalue weighted by Gasteiger charge is -2.38. The second-order valence-corrected chi connectivity index (χ2v) is 11.1. The molecule has 1 aliphatic carbocycles. The summed E-state index contributed by atoms with van der Waals surface area (Å²) < 4.78 is 1.84. The molecule has 2 heterocycles. The number of carbonyl (C=O) groups excluding carboxylic acids is 1. The van der Waals surface area contributed by atoms with Crippen molar-refractivity contribution in [3.63, 3.8) is 0 Å². The van der Waals surface area contributed by atoms with Gasteiger partial charge in [0, 0.05) is 34.0 Å². The van der Waals surface area contributed by atoms with Gasteiger partial charge in [-0.25, -0.2) is 4.68 Å². The number of hydrogen-bond acceptors (Lipinski definition) is 5. The van der Waals surface area contributed by atoms with Crippen LogP contribution in [0.2, 0.25) is 5.02 Å². The summed E-state index contributed by atoms with van der Waals surface area (Å²) in [6, 6.07) is 13.8. The number of hydrogen-bond donors (Lipinski definition) is 1. The third-order valence-corrected chi connectivity index (χ3v) is 7.60. The van der Waals surface area contributed by atoms with Gasteiger partial charge in [0.1, 0.15) is 6.04 Å². The molecule has 1 aliphatic heterocycles. The van der Waals surface area contributed by atoms with Crippen LogP contribution < -0.4 is 5.32 Å². The number of ketones is 1. The van der Waals surface area contributed by atoms with Crippen molar-refractivity contribution in [3.8, 4) is 0 Å². The lowest BCUT2D eigenvalue weighted by Crippen LogP contribution is -2.36. The Morgan fingerprint density at radius 3 is 2.76 bits per heavy atom. The van der Waals surface area contributed by atoms with E-state index in [-0.39, 0.29) is 17.2 Å². The Balaban J connectivity index is 1.54. The molecule has 0 fully saturated rings. The molecule has 5 nitrogen and oxygen atoms in total. The van der Waals surface area contributed by atoms with Crippen molar-refractivity contribution in [1.29, 1.82) is 0 Å². The number of anilines is 1. The van der Waals surface area contributed by atoms with E-state index in [9.17, 15) is 4.79 Å². The van der Waals surface area contributed by atoms with Crippen LogP contribution in [0.5, 0.6) is 0 Å². The fourth-order valence-electron chi connectivity index (χ4n) is 4.73. The molecule has 1 aromatic heterocycles. The molecule has 2 aliphatic rings. The molecule has 3 aromatic rings. The summed E-state index contributed by atoms with van der Waals surface area (Å²) in [5.74, 6) is 1.59. The van der Waals surface area contributed by atoms with Crippen molar-refractivity contribution in [2.75, 3.05) is 5.32 Å². The first-order valence-electron chi connectivity index (χ1n) is 11.1. The smallest absolute Gasteiger partial charge is 0.227 e. The van der Waals surface area contributed by atoms with Gasteiger partial charge in [-0.2, -0.15) is 4.98 Å². The Hall–Kier alpha value is -2.57. The van der Waals surface area contributed by atoms with Crippen molar-refractivity contribution in [2.24, 2.45) is 5.41 Å². The minimum absolute atomic E-state index is 0.101. The molecule has 0 saturated carbocycles. The minimum Gasteiger partial charge on any atom is -0.328 e. The number of benzene rings is 2. The summed E-state index contributed by atoms with van der Waals surface area (Å²) in [6.45, 7) is 8.49. The van der Waals surface area contributed by atoms with Gasteiger partial charge in [-0.05, 0) is 42.9 Å².